The second-order valence-electron chi connectivity index (χ2n) is 6.46. The van der Waals surface area contributed by atoms with Gasteiger partial charge >= 0.3 is 0 Å². The molecular weight excluding hydrogens is 357 g/mol. The molecule has 104 valence electrons. The number of halogens is 1. The highest BCUT2D eigenvalue weighted by Crippen LogP contribution is 2.36. The average molecular weight is 377 g/mol. The van der Waals surface area contributed by atoms with Gasteiger partial charge in [-0.1, -0.05) is 72.9 Å². The Morgan fingerprint density at radius 3 is 1.90 bits per heavy atom. The fourth-order valence-corrected chi connectivity index (χ4v) is 3.07. The van der Waals surface area contributed by atoms with Crippen LogP contribution in [0.1, 0.15) is 43.3 Å². The molecule has 2 heteroatoms. The molecule has 0 amide bonds. The molecule has 20 heavy (non-hydrogen) atoms. The Kier molecular flexibility index (Phi) is 3.12. The fourth-order valence-electron chi connectivity index (χ4n) is 2.71. The van der Waals surface area contributed by atoms with Crippen LogP contribution < -0.4 is 0 Å². The summed E-state index contributed by atoms with van der Waals surface area (Å²) < 4.78 is 2.39. The Bertz CT molecular complexity index is 621. The number of hydrogen-bond donors (Lipinski definition) is 0. The maximum Gasteiger partial charge on any atom is 0.0559 e. The van der Waals surface area contributed by atoms with Crippen LogP contribution in [0.5, 0.6) is 0 Å². The van der Waals surface area contributed by atoms with Gasteiger partial charge in [-0.2, -0.15) is 0 Å². The van der Waals surface area contributed by atoms with E-state index in [2.05, 4.69) is 104 Å². The maximum absolute atomic E-state index is 2.48. The molecule has 0 spiro atoms. The van der Waals surface area contributed by atoms with E-state index in [4.69, 9.17) is 0 Å². The lowest BCUT2D eigenvalue weighted by molar-refractivity contribution is 0.633. The van der Waals surface area contributed by atoms with Crippen molar-refractivity contribution in [1.29, 1.82) is 0 Å². The highest BCUT2D eigenvalue weighted by molar-refractivity contribution is 14.1. The lowest BCUT2D eigenvalue weighted by Gasteiger charge is -2.12. The molecular formula is C18H20IN. The van der Waals surface area contributed by atoms with Gasteiger partial charge in [-0.25, -0.2) is 0 Å². The van der Waals surface area contributed by atoms with Gasteiger partial charge in [0.05, 0.1) is 3.42 Å². The zero-order chi connectivity index (χ0) is 14.5. The van der Waals surface area contributed by atoms with Gasteiger partial charge in [0.15, 0.2) is 0 Å². The molecule has 1 atom stereocenters. The second kappa shape index (κ2) is 4.48. The minimum absolute atomic E-state index is 0.0905. The first-order valence-corrected chi connectivity index (χ1v) is 8.05. The van der Waals surface area contributed by atoms with Gasteiger partial charge in [0, 0.05) is 35.0 Å². The van der Waals surface area contributed by atoms with Crippen molar-refractivity contribution in [3.8, 4) is 0 Å². The normalized spacial score (nSPS) is 26.1. The van der Waals surface area contributed by atoms with Crippen LogP contribution in [0.4, 0.5) is 0 Å². The van der Waals surface area contributed by atoms with Crippen molar-refractivity contribution in [1.82, 2.24) is 4.57 Å². The van der Waals surface area contributed by atoms with E-state index < -0.39 is 0 Å². The van der Waals surface area contributed by atoms with Gasteiger partial charge in [0.1, 0.15) is 0 Å². The lowest BCUT2D eigenvalue weighted by atomic mass is 9.93. The molecule has 0 aromatic carbocycles. The Morgan fingerprint density at radius 2 is 1.25 bits per heavy atom. The Morgan fingerprint density at radius 1 is 0.800 bits per heavy atom. The summed E-state index contributed by atoms with van der Waals surface area (Å²) in [6, 6.07) is 0. The first-order chi connectivity index (χ1) is 9.29. The summed E-state index contributed by atoms with van der Waals surface area (Å²) in [6.45, 7) is 6.70. The molecule has 2 aliphatic rings. The first-order valence-electron chi connectivity index (χ1n) is 6.98. The molecule has 1 nitrogen and oxygen atoms in total. The molecule has 0 bridgehead atoms. The Balaban J connectivity index is 2.24. The summed E-state index contributed by atoms with van der Waals surface area (Å²) in [5.41, 5.74) is 5.37. The van der Waals surface area contributed by atoms with E-state index in [0.717, 1.165) is 0 Å². The zero-order valence-electron chi connectivity index (χ0n) is 12.4. The monoisotopic (exact) mass is 377 g/mol. The van der Waals surface area contributed by atoms with Crippen LogP contribution in [0.3, 0.4) is 0 Å². The molecule has 0 saturated heterocycles. The first kappa shape index (κ1) is 13.9. The van der Waals surface area contributed by atoms with Crippen LogP contribution in [0, 0.1) is 5.41 Å². The third-order valence-corrected chi connectivity index (χ3v) is 4.78. The predicted octanol–water partition coefficient (Wildman–Crippen LogP) is 5.33. The van der Waals surface area contributed by atoms with Gasteiger partial charge in [0.25, 0.3) is 0 Å². The van der Waals surface area contributed by atoms with Crippen LogP contribution in [0.2, 0.25) is 0 Å². The fraction of sp³-hybridized carbons (Fsp3) is 0.333. The molecule has 0 saturated carbocycles. The summed E-state index contributed by atoms with van der Waals surface area (Å²) in [7, 11) is 2.15. The van der Waals surface area contributed by atoms with Crippen LogP contribution in [0.15, 0.2) is 24.3 Å². The maximum atomic E-state index is 2.48. The summed E-state index contributed by atoms with van der Waals surface area (Å²) in [5, 5.41) is 0. The predicted molar refractivity (Wildman–Crippen MR) is 97.8 cm³/mol. The second-order valence-corrected chi connectivity index (χ2v) is 8.79. The van der Waals surface area contributed by atoms with Crippen molar-refractivity contribution < 1.29 is 0 Å². The molecule has 1 aromatic heterocycles. The average Bonchev–Trinajstić information content (AvgIpc) is 2.48. The van der Waals surface area contributed by atoms with E-state index in [9.17, 15) is 0 Å². The van der Waals surface area contributed by atoms with E-state index >= 15 is 0 Å². The van der Waals surface area contributed by atoms with E-state index in [1.807, 2.05) is 0 Å². The topological polar surface area (TPSA) is 4.93 Å². The molecule has 3 rings (SSSR count). The van der Waals surface area contributed by atoms with E-state index in [0.29, 0.717) is 0 Å². The largest absolute Gasteiger partial charge is 0.344 e. The van der Waals surface area contributed by atoms with Crippen molar-refractivity contribution in [2.45, 2.75) is 24.2 Å². The van der Waals surface area contributed by atoms with Crippen LogP contribution >= 0.6 is 22.6 Å². The summed E-state index contributed by atoms with van der Waals surface area (Å²) >= 11 is 2.48. The zero-order valence-corrected chi connectivity index (χ0v) is 14.6. The van der Waals surface area contributed by atoms with Crippen LogP contribution in [-0.2, 0) is 7.05 Å². The third kappa shape index (κ3) is 2.34. The van der Waals surface area contributed by atoms with Crippen LogP contribution in [-0.4, -0.2) is 7.99 Å². The minimum Gasteiger partial charge on any atom is -0.344 e. The number of aromatic nitrogens is 1. The summed E-state index contributed by atoms with van der Waals surface area (Å²) in [5.74, 6) is 0. The molecule has 0 aliphatic heterocycles. The third-order valence-electron chi connectivity index (χ3n) is 4.06. The Labute approximate surface area is 134 Å². The van der Waals surface area contributed by atoms with Gasteiger partial charge in [-0.05, 0) is 19.1 Å². The molecule has 2 aliphatic carbocycles. The number of nitrogens with zero attached hydrogens (tertiary/aromatic N) is 1. The highest BCUT2D eigenvalue weighted by atomic mass is 127. The minimum atomic E-state index is 0.0905. The molecule has 1 unspecified atom stereocenters. The van der Waals surface area contributed by atoms with Gasteiger partial charge < -0.3 is 4.57 Å². The van der Waals surface area contributed by atoms with Crippen molar-refractivity contribution in [2.75, 3.05) is 0 Å². The number of hydrogen-bond acceptors (Lipinski definition) is 0. The molecule has 0 fully saturated rings. The van der Waals surface area contributed by atoms with Crippen molar-refractivity contribution >= 4 is 46.9 Å². The molecule has 1 heterocycles. The SMILES string of the molecule is Cn1c2c(c3c1C=CC(C)(I)C=C3)C=CC(C)(C)C=C2. The van der Waals surface area contributed by atoms with E-state index in [-0.39, 0.29) is 8.84 Å². The van der Waals surface area contributed by atoms with Crippen molar-refractivity contribution in [2.24, 2.45) is 12.5 Å². The van der Waals surface area contributed by atoms with E-state index in [1.54, 1.807) is 0 Å². The number of allylic oxidation sites excluding steroid dienone is 4. The summed E-state index contributed by atoms with van der Waals surface area (Å²) in [6.07, 6.45) is 18.2. The number of alkyl halides is 1. The standard InChI is InChI=1S/C18H20IN/c1-17(2)9-5-13-14-6-11-18(3,19)12-8-16(14)20(4)15(13)7-10-17/h5-12H,1-4H3. The van der Waals surface area contributed by atoms with Crippen LogP contribution in [0.25, 0.3) is 24.3 Å². The quantitative estimate of drug-likeness (QED) is 0.426. The van der Waals surface area contributed by atoms with Crippen molar-refractivity contribution in [3.63, 3.8) is 0 Å². The Hall–Kier alpha value is -1.03. The molecule has 0 N–H and O–H groups in total. The van der Waals surface area contributed by atoms with Crippen molar-refractivity contribution in [3.05, 3.63) is 46.8 Å². The number of fused-ring (bicyclic) bond motifs is 3. The smallest absolute Gasteiger partial charge is 0.0559 e. The number of rotatable bonds is 0. The van der Waals surface area contributed by atoms with Gasteiger partial charge in [0.2, 0.25) is 0 Å². The van der Waals surface area contributed by atoms with E-state index in [1.165, 1.54) is 22.5 Å². The van der Waals surface area contributed by atoms with Gasteiger partial charge in [-0.15, -0.1) is 0 Å². The summed E-state index contributed by atoms with van der Waals surface area (Å²) in [4.78, 5) is 0. The highest BCUT2D eigenvalue weighted by Gasteiger charge is 2.22. The lowest BCUT2D eigenvalue weighted by Crippen LogP contribution is -2.04. The molecule has 1 aromatic rings. The molecule has 0 radical (unpaired) electrons. The van der Waals surface area contributed by atoms with Gasteiger partial charge in [-0.3, -0.25) is 0 Å².